The Labute approximate surface area is 86.1 Å². The van der Waals surface area contributed by atoms with Gasteiger partial charge in [-0.15, -0.1) is 11.3 Å². The molecule has 2 rings (SSSR count). The van der Waals surface area contributed by atoms with Crippen LogP contribution in [0.1, 0.15) is 17.6 Å². The molecule has 1 N–H and O–H groups in total. The number of aliphatic imine (C=N–C) groups is 1. The molecule has 0 aromatic carbocycles. The molecule has 5 heteroatoms. The fraction of sp³-hybridized carbons (Fsp3) is 0.444. The van der Waals surface area contributed by atoms with Crippen molar-refractivity contribution in [3.05, 3.63) is 16.1 Å². The number of amides is 1. The van der Waals surface area contributed by atoms with E-state index in [9.17, 15) is 4.79 Å². The minimum Gasteiger partial charge on any atom is -0.312 e. The highest BCUT2D eigenvalue weighted by Gasteiger charge is 2.21. The van der Waals surface area contributed by atoms with Crippen molar-refractivity contribution in [1.82, 2.24) is 10.3 Å². The first-order valence-electron chi connectivity index (χ1n) is 4.43. The van der Waals surface area contributed by atoms with Crippen LogP contribution in [0.3, 0.4) is 0 Å². The van der Waals surface area contributed by atoms with Gasteiger partial charge in [-0.05, 0) is 13.8 Å². The molecule has 0 saturated heterocycles. The van der Waals surface area contributed by atoms with Crippen LogP contribution in [0, 0.1) is 6.92 Å². The lowest BCUT2D eigenvalue weighted by molar-refractivity contribution is -0.119. The van der Waals surface area contributed by atoms with Crippen LogP contribution >= 0.6 is 11.3 Å². The molecule has 4 nitrogen and oxygen atoms in total. The van der Waals surface area contributed by atoms with Crippen molar-refractivity contribution in [2.45, 2.75) is 26.3 Å². The van der Waals surface area contributed by atoms with Crippen LogP contribution in [0.4, 0.5) is 0 Å². The van der Waals surface area contributed by atoms with Crippen molar-refractivity contribution in [2.24, 2.45) is 4.99 Å². The van der Waals surface area contributed by atoms with Gasteiger partial charge < -0.3 is 5.32 Å². The summed E-state index contributed by atoms with van der Waals surface area (Å²) in [5.41, 5.74) is 1.02. The molecule has 1 unspecified atom stereocenters. The maximum atomic E-state index is 11.1. The van der Waals surface area contributed by atoms with Crippen molar-refractivity contribution in [2.75, 3.05) is 0 Å². The monoisotopic (exact) mass is 209 g/mol. The number of rotatable bonds is 2. The highest BCUT2D eigenvalue weighted by atomic mass is 32.1. The quantitative estimate of drug-likeness (QED) is 0.787. The normalized spacial score (nSPS) is 20.9. The number of nitrogens with one attached hydrogen (secondary N) is 1. The largest absolute Gasteiger partial charge is 0.312 e. The third kappa shape index (κ3) is 1.82. The summed E-state index contributed by atoms with van der Waals surface area (Å²) in [4.78, 5) is 19.6. The number of hydrogen-bond acceptors (Lipinski definition) is 4. The number of nitrogens with zero attached hydrogens (tertiary/aromatic N) is 2. The number of aryl methyl sites for hydroxylation is 1. The average molecular weight is 209 g/mol. The van der Waals surface area contributed by atoms with Crippen LogP contribution in [0.15, 0.2) is 10.4 Å². The van der Waals surface area contributed by atoms with E-state index < -0.39 is 0 Å². The maximum Gasteiger partial charge on any atom is 0.249 e. The van der Waals surface area contributed by atoms with Gasteiger partial charge in [0, 0.05) is 11.1 Å². The molecule has 1 aromatic rings. The molecule has 1 atom stereocenters. The SMILES string of the molecule is Cc1csc(CC2=NC(C)C(=O)N2)n1. The summed E-state index contributed by atoms with van der Waals surface area (Å²) in [6.45, 7) is 3.74. The molecule has 1 amide bonds. The van der Waals surface area contributed by atoms with Crippen molar-refractivity contribution in [3.8, 4) is 0 Å². The molecule has 0 fully saturated rings. The van der Waals surface area contributed by atoms with E-state index in [4.69, 9.17) is 0 Å². The molecular formula is C9H11N3OS. The Morgan fingerprint density at radius 1 is 1.64 bits per heavy atom. The third-order valence-electron chi connectivity index (χ3n) is 1.98. The van der Waals surface area contributed by atoms with Gasteiger partial charge in [-0.2, -0.15) is 0 Å². The van der Waals surface area contributed by atoms with Crippen molar-refractivity contribution in [1.29, 1.82) is 0 Å². The lowest BCUT2D eigenvalue weighted by Gasteiger charge is -1.96. The molecule has 14 heavy (non-hydrogen) atoms. The topological polar surface area (TPSA) is 54.4 Å². The van der Waals surface area contributed by atoms with E-state index in [2.05, 4.69) is 15.3 Å². The Bertz CT molecular complexity index is 397. The van der Waals surface area contributed by atoms with Gasteiger partial charge in [-0.1, -0.05) is 0 Å². The van der Waals surface area contributed by atoms with Gasteiger partial charge in [0.05, 0.1) is 6.42 Å². The Kier molecular flexibility index (Phi) is 2.33. The summed E-state index contributed by atoms with van der Waals surface area (Å²) in [5.74, 6) is 0.713. The standard InChI is InChI=1S/C9H11N3OS/c1-5-4-14-8(10-5)3-7-11-6(2)9(13)12-7/h4,6H,3H2,1-2H3,(H,11,12,13). The van der Waals surface area contributed by atoms with Crippen LogP contribution in [-0.4, -0.2) is 22.8 Å². The lowest BCUT2D eigenvalue weighted by atomic mass is 10.4. The number of aromatic nitrogens is 1. The van der Waals surface area contributed by atoms with Crippen LogP contribution < -0.4 is 5.32 Å². The summed E-state index contributed by atoms with van der Waals surface area (Å²) in [7, 11) is 0. The lowest BCUT2D eigenvalue weighted by Crippen LogP contribution is -2.28. The van der Waals surface area contributed by atoms with Crippen LogP contribution in [0.2, 0.25) is 0 Å². The molecular weight excluding hydrogens is 198 g/mol. The van der Waals surface area contributed by atoms with Gasteiger partial charge in [0.25, 0.3) is 0 Å². The zero-order valence-electron chi connectivity index (χ0n) is 8.07. The van der Waals surface area contributed by atoms with Crippen LogP contribution in [0.25, 0.3) is 0 Å². The molecule has 0 saturated carbocycles. The molecule has 0 spiro atoms. The van der Waals surface area contributed by atoms with E-state index in [0.29, 0.717) is 6.42 Å². The molecule has 0 bridgehead atoms. The molecule has 0 aliphatic carbocycles. The van der Waals surface area contributed by atoms with Crippen LogP contribution in [-0.2, 0) is 11.2 Å². The summed E-state index contributed by atoms with van der Waals surface area (Å²) in [6, 6.07) is -0.244. The number of hydrogen-bond donors (Lipinski definition) is 1. The predicted octanol–water partition coefficient (Wildman–Crippen LogP) is 0.911. The molecule has 0 radical (unpaired) electrons. The zero-order chi connectivity index (χ0) is 10.1. The predicted molar refractivity (Wildman–Crippen MR) is 55.6 cm³/mol. The molecule has 1 aromatic heterocycles. The van der Waals surface area contributed by atoms with Gasteiger partial charge in [0.1, 0.15) is 16.9 Å². The number of carbonyl (C=O) groups is 1. The summed E-state index contributed by atoms with van der Waals surface area (Å²) >= 11 is 1.60. The van der Waals surface area contributed by atoms with E-state index in [1.807, 2.05) is 12.3 Å². The van der Waals surface area contributed by atoms with Gasteiger partial charge in [-0.25, -0.2) is 4.98 Å². The smallest absolute Gasteiger partial charge is 0.249 e. The Balaban J connectivity index is 2.06. The van der Waals surface area contributed by atoms with E-state index in [0.717, 1.165) is 16.5 Å². The Morgan fingerprint density at radius 2 is 2.43 bits per heavy atom. The number of carbonyl (C=O) groups excluding carboxylic acids is 1. The summed E-state index contributed by atoms with van der Waals surface area (Å²) < 4.78 is 0. The zero-order valence-corrected chi connectivity index (χ0v) is 8.89. The second kappa shape index (κ2) is 3.49. The highest BCUT2D eigenvalue weighted by Crippen LogP contribution is 2.11. The van der Waals surface area contributed by atoms with Crippen LogP contribution in [0.5, 0.6) is 0 Å². The first-order chi connectivity index (χ1) is 6.65. The first-order valence-corrected chi connectivity index (χ1v) is 5.31. The fourth-order valence-corrected chi connectivity index (χ4v) is 2.06. The number of thiazole rings is 1. The molecule has 74 valence electrons. The summed E-state index contributed by atoms with van der Waals surface area (Å²) in [5, 5.41) is 5.73. The highest BCUT2D eigenvalue weighted by molar-refractivity contribution is 7.09. The van der Waals surface area contributed by atoms with Gasteiger partial charge >= 0.3 is 0 Å². The van der Waals surface area contributed by atoms with Crippen molar-refractivity contribution in [3.63, 3.8) is 0 Å². The minimum atomic E-state index is -0.244. The fourth-order valence-electron chi connectivity index (χ4n) is 1.29. The molecule has 1 aliphatic heterocycles. The van der Waals surface area contributed by atoms with E-state index >= 15 is 0 Å². The second-order valence-corrected chi connectivity index (χ2v) is 4.24. The minimum absolute atomic E-state index is 0.0201. The van der Waals surface area contributed by atoms with Crippen molar-refractivity contribution >= 4 is 23.1 Å². The average Bonchev–Trinajstić information content (AvgIpc) is 2.62. The van der Waals surface area contributed by atoms with E-state index in [-0.39, 0.29) is 11.9 Å². The second-order valence-electron chi connectivity index (χ2n) is 3.30. The Hall–Kier alpha value is -1.23. The molecule has 1 aliphatic rings. The number of amidine groups is 1. The van der Waals surface area contributed by atoms with Gasteiger partial charge in [0.2, 0.25) is 5.91 Å². The third-order valence-corrected chi connectivity index (χ3v) is 2.95. The summed E-state index contributed by atoms with van der Waals surface area (Å²) in [6.07, 6.45) is 0.634. The van der Waals surface area contributed by atoms with Gasteiger partial charge in [-0.3, -0.25) is 9.79 Å². The van der Waals surface area contributed by atoms with E-state index in [1.165, 1.54) is 0 Å². The maximum absolute atomic E-state index is 11.1. The molecule has 2 heterocycles. The first kappa shape index (κ1) is 9.33. The van der Waals surface area contributed by atoms with Gasteiger partial charge in [0.15, 0.2) is 0 Å². The van der Waals surface area contributed by atoms with Crippen molar-refractivity contribution < 1.29 is 4.79 Å². The van der Waals surface area contributed by atoms with E-state index in [1.54, 1.807) is 18.3 Å². The Morgan fingerprint density at radius 3 is 2.93 bits per heavy atom.